The molecular formula is C27H20O7. The zero-order chi connectivity index (χ0) is 24.1. The lowest BCUT2D eigenvalue weighted by Crippen LogP contribution is -2.22. The van der Waals surface area contributed by atoms with Crippen LogP contribution in [0.25, 0.3) is 22.1 Å². The number of carbonyl (C=O) groups is 2. The molecule has 0 amide bonds. The van der Waals surface area contributed by atoms with Gasteiger partial charge in [0.05, 0.1) is 32.5 Å². The summed E-state index contributed by atoms with van der Waals surface area (Å²) in [7, 11) is 4.41. The number of hydrogen-bond donors (Lipinski definition) is 0. The first kappa shape index (κ1) is 21.5. The van der Waals surface area contributed by atoms with Gasteiger partial charge in [-0.25, -0.2) is 4.79 Å². The number of ether oxygens (including phenoxy) is 3. The molecule has 4 aromatic rings. The fraction of sp³-hybridized carbons (Fsp3) is 0.148. The number of methoxy groups -OCH3 is 3. The average molecular weight is 456 g/mol. The summed E-state index contributed by atoms with van der Waals surface area (Å²) in [4.78, 5) is 40.7. The van der Waals surface area contributed by atoms with E-state index in [1.807, 2.05) is 0 Å². The van der Waals surface area contributed by atoms with Gasteiger partial charge in [0.25, 0.3) is 0 Å². The first-order valence-corrected chi connectivity index (χ1v) is 10.5. The van der Waals surface area contributed by atoms with Crippen LogP contribution in [-0.2, 0) is 0 Å². The van der Waals surface area contributed by atoms with E-state index in [0.717, 1.165) is 0 Å². The van der Waals surface area contributed by atoms with E-state index in [2.05, 4.69) is 0 Å². The fourth-order valence-electron chi connectivity index (χ4n) is 4.60. The number of rotatable bonds is 5. The molecule has 0 N–H and O–H groups in total. The summed E-state index contributed by atoms with van der Waals surface area (Å²) in [5.74, 6) is 0.274. The third-order valence-corrected chi connectivity index (χ3v) is 6.11. The second-order valence-corrected chi connectivity index (χ2v) is 7.88. The van der Waals surface area contributed by atoms with Crippen molar-refractivity contribution >= 4 is 22.5 Å². The van der Waals surface area contributed by atoms with Crippen LogP contribution in [0.5, 0.6) is 17.2 Å². The van der Waals surface area contributed by atoms with Gasteiger partial charge in [-0.2, -0.15) is 0 Å². The Morgan fingerprint density at radius 2 is 1.50 bits per heavy atom. The molecule has 1 aliphatic rings. The molecule has 7 nitrogen and oxygen atoms in total. The zero-order valence-electron chi connectivity index (χ0n) is 19.0. The third kappa shape index (κ3) is 2.94. The molecule has 0 saturated carbocycles. The molecule has 0 aliphatic heterocycles. The number of aryl methyl sites for hydroxylation is 1. The summed E-state index contributed by atoms with van der Waals surface area (Å²) < 4.78 is 21.8. The van der Waals surface area contributed by atoms with E-state index in [4.69, 9.17) is 18.6 Å². The average Bonchev–Trinajstić information content (AvgIpc) is 2.85. The molecule has 1 heterocycles. The lowest BCUT2D eigenvalue weighted by atomic mass is 9.80. The molecule has 0 spiro atoms. The monoisotopic (exact) mass is 456 g/mol. The second-order valence-electron chi connectivity index (χ2n) is 7.88. The van der Waals surface area contributed by atoms with Crippen LogP contribution in [0.2, 0.25) is 0 Å². The van der Waals surface area contributed by atoms with Crippen LogP contribution in [0.15, 0.2) is 57.7 Å². The highest BCUT2D eigenvalue weighted by Gasteiger charge is 2.35. The van der Waals surface area contributed by atoms with E-state index in [1.54, 1.807) is 55.5 Å². The predicted molar refractivity (Wildman–Crippen MR) is 126 cm³/mol. The van der Waals surface area contributed by atoms with Crippen LogP contribution in [0, 0.1) is 6.92 Å². The number of hydrogen-bond acceptors (Lipinski definition) is 7. The maximum atomic E-state index is 14.0. The van der Waals surface area contributed by atoms with Gasteiger partial charge in [-0.15, -0.1) is 0 Å². The van der Waals surface area contributed by atoms with Gasteiger partial charge in [0, 0.05) is 22.6 Å². The van der Waals surface area contributed by atoms with Crippen LogP contribution < -0.4 is 19.8 Å². The van der Waals surface area contributed by atoms with E-state index >= 15 is 0 Å². The van der Waals surface area contributed by atoms with Gasteiger partial charge in [0.15, 0.2) is 5.78 Å². The molecule has 0 bridgehead atoms. The maximum Gasteiger partial charge on any atom is 0.348 e. The molecule has 0 fully saturated rings. The number of carbonyl (C=O) groups excluding carboxylic acids is 2. The van der Waals surface area contributed by atoms with Crippen molar-refractivity contribution in [1.29, 1.82) is 0 Å². The largest absolute Gasteiger partial charge is 0.497 e. The van der Waals surface area contributed by atoms with Crippen molar-refractivity contribution < 1.29 is 28.2 Å². The molecule has 3 aromatic carbocycles. The summed E-state index contributed by atoms with van der Waals surface area (Å²) >= 11 is 0. The minimum Gasteiger partial charge on any atom is -0.497 e. The van der Waals surface area contributed by atoms with Crippen molar-refractivity contribution in [1.82, 2.24) is 0 Å². The summed E-state index contributed by atoms with van der Waals surface area (Å²) in [5.41, 5.74) is 1.47. The van der Waals surface area contributed by atoms with Gasteiger partial charge in [0.2, 0.25) is 5.78 Å². The Bertz CT molecular complexity index is 1580. The number of benzene rings is 3. The predicted octanol–water partition coefficient (Wildman–Crippen LogP) is 4.57. The van der Waals surface area contributed by atoms with Crippen molar-refractivity contribution in [2.24, 2.45) is 0 Å². The lowest BCUT2D eigenvalue weighted by molar-refractivity contribution is 0.102. The fourth-order valence-corrected chi connectivity index (χ4v) is 4.60. The summed E-state index contributed by atoms with van der Waals surface area (Å²) in [6.07, 6.45) is 0. The minimum absolute atomic E-state index is 0.173. The van der Waals surface area contributed by atoms with Gasteiger partial charge < -0.3 is 18.6 Å². The van der Waals surface area contributed by atoms with Crippen molar-refractivity contribution in [2.75, 3.05) is 21.3 Å². The Morgan fingerprint density at radius 3 is 2.18 bits per heavy atom. The van der Waals surface area contributed by atoms with E-state index in [-0.39, 0.29) is 33.8 Å². The van der Waals surface area contributed by atoms with Crippen molar-refractivity contribution in [2.45, 2.75) is 6.92 Å². The quantitative estimate of drug-likeness (QED) is 0.283. The van der Waals surface area contributed by atoms with Crippen LogP contribution in [-0.4, -0.2) is 32.9 Å². The highest BCUT2D eigenvalue weighted by molar-refractivity contribution is 6.29. The first-order chi connectivity index (χ1) is 16.4. The Balaban J connectivity index is 1.93. The normalized spacial score (nSPS) is 11.8. The Morgan fingerprint density at radius 1 is 0.794 bits per heavy atom. The maximum absolute atomic E-state index is 14.0. The highest BCUT2D eigenvalue weighted by Crippen LogP contribution is 2.44. The summed E-state index contributed by atoms with van der Waals surface area (Å²) in [6.45, 7) is 1.73. The number of ketones is 2. The van der Waals surface area contributed by atoms with Crippen LogP contribution in [0.4, 0.5) is 0 Å². The van der Waals surface area contributed by atoms with E-state index in [9.17, 15) is 14.4 Å². The molecule has 1 aromatic heterocycles. The highest BCUT2D eigenvalue weighted by atomic mass is 16.5. The van der Waals surface area contributed by atoms with Crippen LogP contribution in [0.1, 0.15) is 37.4 Å². The Kier molecular flexibility index (Phi) is 4.97. The molecule has 0 saturated heterocycles. The standard InChI is InChI=1S/C27H20O7/c1-13-11-14(31-2)12-19(33-4)20(13)26(29)24-21-15-7-5-6-8-16(15)25(28)23-17(32-3)9-10-18(22(21)23)34-27(24)30/h5-12H,1-4H3. The van der Waals surface area contributed by atoms with E-state index in [1.165, 1.54) is 21.3 Å². The Hall–Kier alpha value is -4.39. The molecule has 7 heteroatoms. The molecular weight excluding hydrogens is 436 g/mol. The molecule has 0 atom stereocenters. The van der Waals surface area contributed by atoms with Gasteiger partial charge in [-0.05, 0) is 36.2 Å². The molecule has 0 unspecified atom stereocenters. The van der Waals surface area contributed by atoms with Gasteiger partial charge in [-0.1, -0.05) is 24.3 Å². The van der Waals surface area contributed by atoms with Crippen LogP contribution in [0.3, 0.4) is 0 Å². The summed E-state index contributed by atoms with van der Waals surface area (Å²) in [5, 5.41) is 0.371. The molecule has 170 valence electrons. The lowest BCUT2D eigenvalue weighted by Gasteiger charge is -2.23. The molecule has 1 aliphatic carbocycles. The Labute approximate surface area is 194 Å². The third-order valence-electron chi connectivity index (χ3n) is 6.11. The van der Waals surface area contributed by atoms with Gasteiger partial charge in [0.1, 0.15) is 28.4 Å². The van der Waals surface area contributed by atoms with Gasteiger partial charge in [-0.3, -0.25) is 9.59 Å². The van der Waals surface area contributed by atoms with E-state index in [0.29, 0.717) is 39.1 Å². The van der Waals surface area contributed by atoms with E-state index < -0.39 is 11.4 Å². The minimum atomic E-state index is -0.801. The topological polar surface area (TPSA) is 92.0 Å². The SMILES string of the molecule is COc1cc(C)c(C(=O)c2c3c4c(c(OC)ccc4oc2=O)C(=O)c2ccccc2-3)c(OC)c1. The zero-order valence-corrected chi connectivity index (χ0v) is 19.0. The van der Waals surface area contributed by atoms with Crippen molar-refractivity contribution in [3.05, 3.63) is 86.8 Å². The summed E-state index contributed by atoms with van der Waals surface area (Å²) in [6, 6.07) is 13.3. The molecule has 5 rings (SSSR count). The molecule has 0 radical (unpaired) electrons. The van der Waals surface area contributed by atoms with Crippen molar-refractivity contribution in [3.8, 4) is 28.4 Å². The smallest absolute Gasteiger partial charge is 0.348 e. The first-order valence-electron chi connectivity index (χ1n) is 10.5. The van der Waals surface area contributed by atoms with Crippen LogP contribution >= 0.6 is 0 Å². The number of fused-ring (bicyclic) bond motifs is 2. The van der Waals surface area contributed by atoms with Gasteiger partial charge >= 0.3 is 5.63 Å². The van der Waals surface area contributed by atoms with Crippen molar-refractivity contribution in [3.63, 3.8) is 0 Å². The second kappa shape index (κ2) is 7.88. The molecule has 34 heavy (non-hydrogen) atoms.